The van der Waals surface area contributed by atoms with Crippen LogP contribution in [0.3, 0.4) is 0 Å². The Bertz CT molecular complexity index is 1030. The number of esters is 3. The molecule has 0 bridgehead atoms. The molecule has 0 radical (unpaired) electrons. The zero-order chi connectivity index (χ0) is 38.7. The normalized spacial score (nSPS) is 12.7. The third kappa shape index (κ3) is 39.9. The second-order valence-electron chi connectivity index (χ2n) is 13.9. The molecule has 0 spiro atoms. The summed E-state index contributed by atoms with van der Waals surface area (Å²) in [5, 5.41) is 0. The highest BCUT2D eigenvalue weighted by Gasteiger charge is 2.19. The molecule has 6 nitrogen and oxygen atoms in total. The summed E-state index contributed by atoms with van der Waals surface area (Å²) in [7, 11) is 0. The first-order chi connectivity index (χ1) is 26.0. The molecule has 0 aromatic heterocycles. The first-order valence-corrected chi connectivity index (χ1v) is 21.4. The zero-order valence-electron chi connectivity index (χ0n) is 34.3. The number of hydrogen-bond acceptors (Lipinski definition) is 6. The number of allylic oxidation sites excluding steroid dienone is 12. The second-order valence-corrected chi connectivity index (χ2v) is 13.9. The van der Waals surface area contributed by atoms with Gasteiger partial charge in [-0.3, -0.25) is 14.4 Å². The molecule has 0 N–H and O–H groups in total. The van der Waals surface area contributed by atoms with Crippen LogP contribution in [0.4, 0.5) is 0 Å². The number of rotatable bonds is 37. The molecule has 0 rings (SSSR count). The van der Waals surface area contributed by atoms with E-state index in [0.29, 0.717) is 19.3 Å². The lowest BCUT2D eigenvalue weighted by molar-refractivity contribution is -0.166. The minimum absolute atomic E-state index is 0.103. The summed E-state index contributed by atoms with van der Waals surface area (Å²) in [6, 6.07) is 0. The van der Waals surface area contributed by atoms with Gasteiger partial charge in [-0.15, -0.1) is 0 Å². The molecular weight excluding hydrogens is 661 g/mol. The van der Waals surface area contributed by atoms with Crippen LogP contribution in [0, 0.1) is 0 Å². The highest BCUT2D eigenvalue weighted by molar-refractivity contribution is 5.71. The van der Waals surface area contributed by atoms with Crippen LogP contribution < -0.4 is 0 Å². The topological polar surface area (TPSA) is 78.9 Å². The molecule has 0 saturated heterocycles. The van der Waals surface area contributed by atoms with Crippen molar-refractivity contribution in [1.29, 1.82) is 0 Å². The summed E-state index contributed by atoms with van der Waals surface area (Å²) in [5.41, 5.74) is 0. The maximum Gasteiger partial charge on any atom is 0.306 e. The lowest BCUT2D eigenvalue weighted by Gasteiger charge is -2.18. The number of ether oxygens (including phenoxy) is 3. The first-order valence-electron chi connectivity index (χ1n) is 21.4. The summed E-state index contributed by atoms with van der Waals surface area (Å²) in [5.74, 6) is -1.02. The van der Waals surface area contributed by atoms with E-state index in [0.717, 1.165) is 89.9 Å². The molecule has 6 heteroatoms. The number of carbonyl (C=O) groups is 3. The van der Waals surface area contributed by atoms with E-state index in [4.69, 9.17) is 14.2 Å². The molecule has 302 valence electrons. The molecule has 0 amide bonds. The zero-order valence-corrected chi connectivity index (χ0v) is 34.3. The van der Waals surface area contributed by atoms with Gasteiger partial charge in [-0.05, 0) is 70.6 Å². The van der Waals surface area contributed by atoms with Crippen molar-refractivity contribution in [2.75, 3.05) is 13.2 Å². The Balaban J connectivity index is 4.49. The summed E-state index contributed by atoms with van der Waals surface area (Å²) >= 11 is 0. The van der Waals surface area contributed by atoms with Crippen LogP contribution >= 0.6 is 0 Å². The Morgan fingerprint density at radius 2 is 0.792 bits per heavy atom. The summed E-state index contributed by atoms with van der Waals surface area (Å²) in [6.07, 6.45) is 50.4. The Kier molecular flexibility index (Phi) is 39.1. The largest absolute Gasteiger partial charge is 0.462 e. The molecule has 0 fully saturated rings. The molecular formula is C47H78O6. The molecule has 0 aromatic carbocycles. The molecule has 1 atom stereocenters. The molecule has 53 heavy (non-hydrogen) atoms. The van der Waals surface area contributed by atoms with Crippen LogP contribution in [0.15, 0.2) is 72.9 Å². The van der Waals surface area contributed by atoms with E-state index in [2.05, 4.69) is 81.5 Å². The van der Waals surface area contributed by atoms with Crippen molar-refractivity contribution < 1.29 is 28.6 Å². The van der Waals surface area contributed by atoms with Gasteiger partial charge in [0.1, 0.15) is 13.2 Å². The van der Waals surface area contributed by atoms with Crippen molar-refractivity contribution in [1.82, 2.24) is 0 Å². The van der Waals surface area contributed by atoms with Crippen molar-refractivity contribution in [3.8, 4) is 0 Å². The van der Waals surface area contributed by atoms with Gasteiger partial charge < -0.3 is 14.2 Å². The second kappa shape index (κ2) is 41.6. The highest BCUT2D eigenvalue weighted by Crippen LogP contribution is 2.12. The van der Waals surface area contributed by atoms with Crippen LogP contribution in [-0.4, -0.2) is 37.2 Å². The summed E-state index contributed by atoms with van der Waals surface area (Å²) in [6.45, 7) is 6.35. The Hall–Kier alpha value is -3.15. The monoisotopic (exact) mass is 739 g/mol. The van der Waals surface area contributed by atoms with E-state index in [1.165, 1.54) is 51.4 Å². The van der Waals surface area contributed by atoms with Gasteiger partial charge in [0, 0.05) is 19.3 Å². The Morgan fingerprint density at radius 3 is 1.32 bits per heavy atom. The van der Waals surface area contributed by atoms with Gasteiger partial charge in [-0.2, -0.15) is 0 Å². The van der Waals surface area contributed by atoms with Crippen LogP contribution in [0.2, 0.25) is 0 Å². The average Bonchev–Trinajstić information content (AvgIpc) is 3.15. The van der Waals surface area contributed by atoms with Crippen LogP contribution in [-0.2, 0) is 28.6 Å². The van der Waals surface area contributed by atoms with Gasteiger partial charge in [-0.1, -0.05) is 171 Å². The number of unbranched alkanes of at least 4 members (excludes halogenated alkanes) is 14. The summed E-state index contributed by atoms with van der Waals surface area (Å²) in [4.78, 5) is 37.5. The minimum atomic E-state index is -0.805. The van der Waals surface area contributed by atoms with Gasteiger partial charge in [-0.25, -0.2) is 0 Å². The molecule has 0 heterocycles. The van der Waals surface area contributed by atoms with Gasteiger partial charge in [0.25, 0.3) is 0 Å². The third-order valence-electron chi connectivity index (χ3n) is 8.71. The molecule has 0 aliphatic rings. The number of hydrogen-bond donors (Lipinski definition) is 0. The van der Waals surface area contributed by atoms with Crippen LogP contribution in [0.5, 0.6) is 0 Å². The van der Waals surface area contributed by atoms with E-state index in [9.17, 15) is 14.4 Å². The lowest BCUT2D eigenvalue weighted by Crippen LogP contribution is -2.30. The van der Waals surface area contributed by atoms with Gasteiger partial charge in [0.05, 0.1) is 0 Å². The fraction of sp³-hybridized carbons (Fsp3) is 0.681. The van der Waals surface area contributed by atoms with E-state index in [1.54, 1.807) is 0 Å². The third-order valence-corrected chi connectivity index (χ3v) is 8.71. The molecule has 0 saturated carbocycles. The molecule has 0 aliphatic heterocycles. The SMILES string of the molecule is CC/C=C\C/C=C\C/C=C\C/C=C\C/C=C\CCC(=O)OCC(COC(=O)CCCCCCCCCCC)OC(=O)CCCCCC/C=C\CCCC. The first kappa shape index (κ1) is 49.9. The lowest BCUT2D eigenvalue weighted by atomic mass is 10.1. The standard InChI is InChI=1S/C47H78O6/c1-4-7-10-13-16-19-21-22-23-24-25-26-29-31-34-37-40-46(49)52-43-44(42-51-45(48)39-36-33-30-27-18-15-12-9-6-3)53-47(50)41-38-35-32-28-20-17-14-11-8-5-2/h7,10,14,16-17,19,22-23,25-26,31,34,44H,4-6,8-9,11-13,15,18,20-21,24,27-30,32-33,35-43H2,1-3H3/b10-7-,17-14-,19-16-,23-22-,26-25-,34-31-. The predicted molar refractivity (Wildman–Crippen MR) is 224 cm³/mol. The van der Waals surface area contributed by atoms with Gasteiger partial charge in [0.2, 0.25) is 0 Å². The highest BCUT2D eigenvalue weighted by atomic mass is 16.6. The average molecular weight is 739 g/mol. The van der Waals surface area contributed by atoms with E-state index in [-0.39, 0.29) is 37.5 Å². The van der Waals surface area contributed by atoms with Crippen molar-refractivity contribution in [3.63, 3.8) is 0 Å². The van der Waals surface area contributed by atoms with E-state index in [1.807, 2.05) is 12.2 Å². The summed E-state index contributed by atoms with van der Waals surface area (Å²) < 4.78 is 16.5. The van der Waals surface area contributed by atoms with Crippen molar-refractivity contribution in [3.05, 3.63) is 72.9 Å². The Labute approximate surface area is 325 Å². The Morgan fingerprint density at radius 1 is 0.396 bits per heavy atom. The quantitative estimate of drug-likeness (QED) is 0.0273. The van der Waals surface area contributed by atoms with E-state index < -0.39 is 6.10 Å². The van der Waals surface area contributed by atoms with Gasteiger partial charge in [0.15, 0.2) is 6.10 Å². The van der Waals surface area contributed by atoms with Crippen molar-refractivity contribution in [2.24, 2.45) is 0 Å². The predicted octanol–water partition coefficient (Wildman–Crippen LogP) is 13.5. The number of carbonyl (C=O) groups excluding carboxylic acids is 3. The fourth-order valence-corrected chi connectivity index (χ4v) is 5.47. The maximum atomic E-state index is 12.6. The molecule has 0 aromatic rings. The van der Waals surface area contributed by atoms with Crippen molar-refractivity contribution >= 4 is 17.9 Å². The van der Waals surface area contributed by atoms with Crippen molar-refractivity contribution in [2.45, 2.75) is 194 Å². The maximum absolute atomic E-state index is 12.6. The van der Waals surface area contributed by atoms with Crippen LogP contribution in [0.25, 0.3) is 0 Å². The fourth-order valence-electron chi connectivity index (χ4n) is 5.47. The smallest absolute Gasteiger partial charge is 0.306 e. The van der Waals surface area contributed by atoms with E-state index >= 15 is 0 Å². The van der Waals surface area contributed by atoms with Crippen LogP contribution in [0.1, 0.15) is 188 Å². The molecule has 1 unspecified atom stereocenters. The minimum Gasteiger partial charge on any atom is -0.462 e. The molecule has 0 aliphatic carbocycles. The van der Waals surface area contributed by atoms with Gasteiger partial charge >= 0.3 is 17.9 Å².